The molecule has 106 valence electrons. The zero-order valence-electron chi connectivity index (χ0n) is 10.2. The third-order valence-corrected chi connectivity index (χ3v) is 2.02. The summed E-state index contributed by atoms with van der Waals surface area (Å²) in [6.45, 7) is 2.26. The number of alkyl halides is 3. The van der Waals surface area contributed by atoms with Crippen molar-refractivity contribution in [3.05, 3.63) is 11.9 Å². The van der Waals surface area contributed by atoms with Gasteiger partial charge >= 0.3 is 6.18 Å². The van der Waals surface area contributed by atoms with E-state index in [4.69, 9.17) is 5.73 Å². The highest BCUT2D eigenvalue weighted by molar-refractivity contribution is 5.74. The van der Waals surface area contributed by atoms with E-state index in [-0.39, 0.29) is 24.6 Å². The highest BCUT2D eigenvalue weighted by Crippen LogP contribution is 2.28. The first kappa shape index (κ1) is 15.0. The van der Waals surface area contributed by atoms with Crippen molar-refractivity contribution in [1.82, 2.24) is 9.97 Å². The van der Waals surface area contributed by atoms with Crippen LogP contribution in [0.4, 0.5) is 24.8 Å². The number of nitrogens with one attached hydrogen (secondary N) is 2. The normalized spacial score (nSPS) is 11.2. The van der Waals surface area contributed by atoms with Gasteiger partial charge in [0.15, 0.2) is 0 Å². The van der Waals surface area contributed by atoms with Gasteiger partial charge in [-0.05, 0) is 6.92 Å². The molecule has 0 radical (unpaired) electrons. The van der Waals surface area contributed by atoms with E-state index in [0.29, 0.717) is 6.54 Å². The number of aromatic nitrogens is 2. The Balaban J connectivity index is 2.90. The molecule has 6 nitrogen and oxygen atoms in total. The van der Waals surface area contributed by atoms with Crippen LogP contribution in [0.2, 0.25) is 0 Å². The van der Waals surface area contributed by atoms with Crippen LogP contribution in [-0.2, 0) is 11.0 Å². The maximum Gasteiger partial charge on any atom is 0.451 e. The first-order valence-corrected chi connectivity index (χ1v) is 5.55. The molecule has 0 saturated heterocycles. The molecule has 19 heavy (non-hydrogen) atoms. The van der Waals surface area contributed by atoms with Crippen molar-refractivity contribution in [2.45, 2.75) is 19.5 Å². The number of primary amides is 1. The van der Waals surface area contributed by atoms with E-state index >= 15 is 0 Å². The Bertz CT molecular complexity index is 449. The quantitative estimate of drug-likeness (QED) is 0.727. The van der Waals surface area contributed by atoms with Crippen LogP contribution in [0.25, 0.3) is 0 Å². The Morgan fingerprint density at radius 3 is 2.37 bits per heavy atom. The Hall–Kier alpha value is -2.06. The number of carbonyl (C=O) groups is 1. The van der Waals surface area contributed by atoms with E-state index in [1.54, 1.807) is 6.92 Å². The van der Waals surface area contributed by atoms with Crippen LogP contribution < -0.4 is 16.4 Å². The summed E-state index contributed by atoms with van der Waals surface area (Å²) < 4.78 is 37.8. The van der Waals surface area contributed by atoms with Gasteiger partial charge in [0.2, 0.25) is 11.7 Å². The number of nitrogens with two attached hydrogens (primary N) is 1. The van der Waals surface area contributed by atoms with Crippen LogP contribution in [0.5, 0.6) is 0 Å². The van der Waals surface area contributed by atoms with E-state index < -0.39 is 17.9 Å². The first-order chi connectivity index (χ1) is 8.82. The highest BCUT2D eigenvalue weighted by Gasteiger charge is 2.35. The van der Waals surface area contributed by atoms with E-state index in [1.165, 1.54) is 6.07 Å². The molecule has 9 heteroatoms. The van der Waals surface area contributed by atoms with Crippen LogP contribution in [0.15, 0.2) is 6.07 Å². The largest absolute Gasteiger partial charge is 0.451 e. The van der Waals surface area contributed by atoms with Gasteiger partial charge in [0.25, 0.3) is 0 Å². The lowest BCUT2D eigenvalue weighted by molar-refractivity contribution is -0.144. The maximum absolute atomic E-state index is 12.6. The number of amides is 1. The zero-order chi connectivity index (χ0) is 14.5. The topological polar surface area (TPSA) is 92.9 Å². The summed E-state index contributed by atoms with van der Waals surface area (Å²) in [6.07, 6.45) is -4.63. The highest BCUT2D eigenvalue weighted by atomic mass is 19.4. The summed E-state index contributed by atoms with van der Waals surface area (Å²) in [7, 11) is 0. The number of halogens is 3. The summed E-state index contributed by atoms with van der Waals surface area (Å²) in [6, 6.07) is 1.33. The number of hydrogen-bond acceptors (Lipinski definition) is 5. The van der Waals surface area contributed by atoms with Crippen molar-refractivity contribution >= 4 is 17.5 Å². The van der Waals surface area contributed by atoms with Crippen molar-refractivity contribution in [1.29, 1.82) is 0 Å². The molecule has 1 amide bonds. The molecule has 0 fully saturated rings. The SMILES string of the molecule is CCNc1cc(NCCC(N)=O)nc(C(F)(F)F)n1. The number of anilines is 2. The second kappa shape index (κ2) is 6.21. The lowest BCUT2D eigenvalue weighted by atomic mass is 10.4. The monoisotopic (exact) mass is 277 g/mol. The van der Waals surface area contributed by atoms with E-state index in [1.807, 2.05) is 0 Å². The number of rotatable bonds is 6. The third kappa shape index (κ3) is 4.98. The molecule has 0 atom stereocenters. The Morgan fingerprint density at radius 1 is 1.32 bits per heavy atom. The van der Waals surface area contributed by atoms with Crippen LogP contribution in [0.1, 0.15) is 19.2 Å². The van der Waals surface area contributed by atoms with Gasteiger partial charge in [-0.15, -0.1) is 0 Å². The predicted molar refractivity (Wildman–Crippen MR) is 63.5 cm³/mol. The Labute approximate surface area is 107 Å². The van der Waals surface area contributed by atoms with Gasteiger partial charge in [0.1, 0.15) is 11.6 Å². The molecule has 0 aromatic carbocycles. The number of carbonyl (C=O) groups excluding carboxylic acids is 1. The molecule has 0 spiro atoms. The average molecular weight is 277 g/mol. The van der Waals surface area contributed by atoms with Crippen LogP contribution in [0, 0.1) is 0 Å². The van der Waals surface area contributed by atoms with Crippen molar-refractivity contribution in [3.63, 3.8) is 0 Å². The molecule has 0 aliphatic heterocycles. The van der Waals surface area contributed by atoms with Gasteiger partial charge in [-0.3, -0.25) is 4.79 Å². The average Bonchev–Trinajstić information content (AvgIpc) is 2.27. The molecule has 0 aliphatic rings. The van der Waals surface area contributed by atoms with Crippen molar-refractivity contribution < 1.29 is 18.0 Å². The van der Waals surface area contributed by atoms with Gasteiger partial charge in [0.05, 0.1) is 0 Å². The van der Waals surface area contributed by atoms with Gasteiger partial charge in [-0.1, -0.05) is 0 Å². The fourth-order valence-electron chi connectivity index (χ4n) is 1.25. The first-order valence-electron chi connectivity index (χ1n) is 5.55. The molecule has 1 heterocycles. The molecule has 0 unspecified atom stereocenters. The predicted octanol–water partition coefficient (Wildman–Crippen LogP) is 1.21. The van der Waals surface area contributed by atoms with E-state index in [9.17, 15) is 18.0 Å². The van der Waals surface area contributed by atoms with Crippen LogP contribution in [-0.4, -0.2) is 29.0 Å². The van der Waals surface area contributed by atoms with Gasteiger partial charge < -0.3 is 16.4 Å². The van der Waals surface area contributed by atoms with Crippen molar-refractivity contribution in [3.8, 4) is 0 Å². The van der Waals surface area contributed by atoms with E-state index in [0.717, 1.165) is 0 Å². The smallest absolute Gasteiger partial charge is 0.370 e. The van der Waals surface area contributed by atoms with Crippen LogP contribution in [0.3, 0.4) is 0 Å². The fraction of sp³-hybridized carbons (Fsp3) is 0.500. The minimum absolute atomic E-state index is 0.00188. The number of hydrogen-bond donors (Lipinski definition) is 3. The lowest BCUT2D eigenvalue weighted by Gasteiger charge is -2.11. The van der Waals surface area contributed by atoms with Crippen LogP contribution >= 0.6 is 0 Å². The maximum atomic E-state index is 12.6. The van der Waals surface area contributed by atoms with Gasteiger partial charge in [-0.25, -0.2) is 9.97 Å². The lowest BCUT2D eigenvalue weighted by Crippen LogP contribution is -2.18. The molecule has 1 rings (SSSR count). The summed E-state index contributed by atoms with van der Waals surface area (Å²) in [4.78, 5) is 17.2. The molecular formula is C10H14F3N5O. The molecule has 1 aromatic heterocycles. The van der Waals surface area contributed by atoms with Gasteiger partial charge in [0, 0.05) is 25.6 Å². The second-order valence-electron chi connectivity index (χ2n) is 3.63. The molecule has 0 bridgehead atoms. The minimum atomic E-state index is -4.63. The number of nitrogens with zero attached hydrogens (tertiary/aromatic N) is 2. The molecular weight excluding hydrogens is 263 g/mol. The summed E-state index contributed by atoms with van der Waals surface area (Å²) >= 11 is 0. The van der Waals surface area contributed by atoms with Gasteiger partial charge in [-0.2, -0.15) is 13.2 Å². The van der Waals surface area contributed by atoms with E-state index in [2.05, 4.69) is 20.6 Å². The standard InChI is InChI=1S/C10H14F3N5O/c1-2-15-7-5-8(16-4-3-6(14)19)18-9(17-7)10(11,12)13/h5H,2-4H2,1H3,(H2,14,19)(H2,15,16,17,18). The molecule has 0 saturated carbocycles. The summed E-state index contributed by atoms with van der Waals surface area (Å²) in [5.41, 5.74) is 4.93. The minimum Gasteiger partial charge on any atom is -0.370 e. The third-order valence-electron chi connectivity index (χ3n) is 2.02. The molecule has 4 N–H and O–H groups in total. The fourth-order valence-corrected chi connectivity index (χ4v) is 1.25. The Morgan fingerprint density at radius 2 is 1.89 bits per heavy atom. The summed E-state index contributed by atoms with van der Waals surface area (Å²) in [5.74, 6) is -1.75. The van der Waals surface area contributed by atoms with Crippen molar-refractivity contribution in [2.24, 2.45) is 5.73 Å². The Kier molecular flexibility index (Phi) is 4.90. The zero-order valence-corrected chi connectivity index (χ0v) is 10.2. The van der Waals surface area contributed by atoms with Crippen molar-refractivity contribution in [2.75, 3.05) is 23.7 Å². The second-order valence-corrected chi connectivity index (χ2v) is 3.63. The molecule has 0 aliphatic carbocycles. The molecule has 1 aromatic rings. The summed E-state index contributed by atoms with van der Waals surface area (Å²) in [5, 5.41) is 5.27.